The molecule has 0 radical (unpaired) electrons. The molecule has 0 aromatic carbocycles. The van der Waals surface area contributed by atoms with Gasteiger partial charge in [-0.15, -0.1) is 0 Å². The number of rotatable bonds is 8. The lowest BCUT2D eigenvalue weighted by Crippen LogP contribution is -2.41. The van der Waals surface area contributed by atoms with Gasteiger partial charge in [0.05, 0.1) is 25.9 Å². The van der Waals surface area contributed by atoms with E-state index in [9.17, 15) is 0 Å². The molecule has 1 aliphatic rings. The Balaban J connectivity index is 1.98. The summed E-state index contributed by atoms with van der Waals surface area (Å²) in [5.74, 6) is 0. The minimum absolute atomic E-state index is 0.0554. The van der Waals surface area contributed by atoms with E-state index in [-0.39, 0.29) is 12.7 Å². The highest BCUT2D eigenvalue weighted by Crippen LogP contribution is 2.29. The van der Waals surface area contributed by atoms with Crippen molar-refractivity contribution < 1.29 is 14.6 Å². The summed E-state index contributed by atoms with van der Waals surface area (Å²) in [6.07, 6.45) is 5.04. The number of aliphatic hydroxyl groups excluding tert-OH is 1. The van der Waals surface area contributed by atoms with Gasteiger partial charge in [0.15, 0.2) is 0 Å². The smallest absolute Gasteiger partial charge is 0.0704 e. The molecule has 4 nitrogen and oxygen atoms in total. The quantitative estimate of drug-likeness (QED) is 0.613. The van der Waals surface area contributed by atoms with Gasteiger partial charge in [0, 0.05) is 12.1 Å². The van der Waals surface area contributed by atoms with Crippen LogP contribution in [0.1, 0.15) is 39.0 Å². The Morgan fingerprint density at radius 2 is 2.19 bits per heavy atom. The number of aliphatic hydroxyl groups is 1. The highest BCUT2D eigenvalue weighted by atomic mass is 16.5. The molecular formula is C12H25NO3. The second kappa shape index (κ2) is 7.22. The molecule has 96 valence electrons. The largest absolute Gasteiger partial charge is 0.394 e. The molecule has 1 rings (SSSR count). The number of nitrogens with two attached hydrogens (primary N) is 1. The van der Waals surface area contributed by atoms with Crippen LogP contribution in [0.25, 0.3) is 0 Å². The molecule has 3 N–H and O–H groups in total. The van der Waals surface area contributed by atoms with Crippen LogP contribution in [0.15, 0.2) is 0 Å². The van der Waals surface area contributed by atoms with Crippen LogP contribution in [0, 0.1) is 0 Å². The van der Waals surface area contributed by atoms with Gasteiger partial charge in [-0.2, -0.15) is 0 Å². The fourth-order valence-electron chi connectivity index (χ4n) is 2.01. The molecule has 2 unspecified atom stereocenters. The molecule has 0 saturated heterocycles. The van der Waals surface area contributed by atoms with Crippen LogP contribution in [-0.4, -0.2) is 43.2 Å². The minimum atomic E-state index is -0.409. The molecule has 0 heterocycles. The lowest BCUT2D eigenvalue weighted by Gasteiger charge is -2.20. The molecule has 1 aliphatic carbocycles. The third kappa shape index (κ3) is 4.78. The van der Waals surface area contributed by atoms with Crippen molar-refractivity contribution in [2.24, 2.45) is 5.73 Å². The molecular weight excluding hydrogens is 206 g/mol. The number of hydrogen-bond acceptors (Lipinski definition) is 4. The maximum Gasteiger partial charge on any atom is 0.0704 e. The van der Waals surface area contributed by atoms with E-state index in [4.69, 9.17) is 20.3 Å². The zero-order valence-corrected chi connectivity index (χ0v) is 10.3. The predicted molar refractivity (Wildman–Crippen MR) is 63.3 cm³/mol. The molecule has 0 bridgehead atoms. The first-order valence-electron chi connectivity index (χ1n) is 6.29. The van der Waals surface area contributed by atoms with Crippen LogP contribution in [0.5, 0.6) is 0 Å². The van der Waals surface area contributed by atoms with E-state index in [2.05, 4.69) is 6.92 Å². The summed E-state index contributed by atoms with van der Waals surface area (Å²) >= 11 is 0. The van der Waals surface area contributed by atoms with E-state index in [0.29, 0.717) is 13.2 Å². The van der Waals surface area contributed by atoms with Gasteiger partial charge < -0.3 is 20.3 Å². The molecule has 0 spiro atoms. The zero-order valence-electron chi connectivity index (χ0n) is 10.3. The summed E-state index contributed by atoms with van der Waals surface area (Å²) in [5.41, 5.74) is 5.55. The molecule has 0 aliphatic heterocycles. The van der Waals surface area contributed by atoms with Gasteiger partial charge in [-0.25, -0.2) is 0 Å². The Morgan fingerprint density at radius 1 is 1.38 bits per heavy atom. The van der Waals surface area contributed by atoms with Gasteiger partial charge in [-0.3, -0.25) is 0 Å². The Bertz CT molecular complexity index is 189. The maximum absolute atomic E-state index is 9.11. The summed E-state index contributed by atoms with van der Waals surface area (Å²) in [7, 11) is 0. The zero-order chi connectivity index (χ0) is 11.9. The average Bonchev–Trinajstić information content (AvgIpc) is 2.66. The predicted octanol–water partition coefficient (Wildman–Crippen LogP) is 1.06. The summed E-state index contributed by atoms with van der Waals surface area (Å²) in [6.45, 7) is 4.32. The Kier molecular flexibility index (Phi) is 6.28. The summed E-state index contributed by atoms with van der Waals surface area (Å²) in [5, 5.41) is 9.11. The summed E-state index contributed by atoms with van der Waals surface area (Å²) < 4.78 is 11.1. The number of ether oxygens (including phenoxy) is 2. The monoisotopic (exact) mass is 231 g/mol. The van der Waals surface area contributed by atoms with Gasteiger partial charge >= 0.3 is 0 Å². The number of hydrogen-bond donors (Lipinski definition) is 2. The van der Waals surface area contributed by atoms with Crippen molar-refractivity contribution in [1.82, 2.24) is 0 Å². The first-order valence-corrected chi connectivity index (χ1v) is 6.29. The molecule has 1 fully saturated rings. The van der Waals surface area contributed by atoms with Gasteiger partial charge in [0.25, 0.3) is 0 Å². The summed E-state index contributed by atoms with van der Waals surface area (Å²) in [6, 6.07) is 0. The van der Waals surface area contributed by atoms with Crippen molar-refractivity contribution in [3.05, 3.63) is 0 Å². The Labute approximate surface area is 98.1 Å². The lowest BCUT2D eigenvalue weighted by atomic mass is 10.0. The van der Waals surface area contributed by atoms with Crippen molar-refractivity contribution in [2.45, 2.75) is 50.7 Å². The first-order chi connectivity index (χ1) is 7.70. The van der Waals surface area contributed by atoms with Crippen molar-refractivity contribution in [1.29, 1.82) is 0 Å². The number of unbranched alkanes of at least 4 members (excludes halogenated alkanes) is 1. The van der Waals surface area contributed by atoms with Gasteiger partial charge in [-0.1, -0.05) is 13.3 Å². The van der Waals surface area contributed by atoms with Crippen LogP contribution >= 0.6 is 0 Å². The van der Waals surface area contributed by atoms with Crippen LogP contribution in [0.4, 0.5) is 0 Å². The van der Waals surface area contributed by atoms with Gasteiger partial charge in [0.2, 0.25) is 0 Å². The van der Waals surface area contributed by atoms with E-state index in [1.54, 1.807) is 0 Å². The molecule has 0 aromatic rings. The van der Waals surface area contributed by atoms with Crippen molar-refractivity contribution in [2.75, 3.05) is 26.4 Å². The van der Waals surface area contributed by atoms with E-state index < -0.39 is 5.54 Å². The van der Waals surface area contributed by atoms with E-state index >= 15 is 0 Å². The van der Waals surface area contributed by atoms with Crippen molar-refractivity contribution in [3.8, 4) is 0 Å². The maximum atomic E-state index is 9.11. The lowest BCUT2D eigenvalue weighted by molar-refractivity contribution is 0.00369. The standard InChI is InChI=1S/C12H25NO3/c1-2-3-6-15-7-8-16-11-4-5-12(13,9-11)10-14/h11,14H,2-10,13H2,1H3. The van der Waals surface area contributed by atoms with E-state index in [1.807, 2.05) is 0 Å². The first kappa shape index (κ1) is 13.9. The molecule has 4 heteroatoms. The summed E-state index contributed by atoms with van der Waals surface area (Å²) in [4.78, 5) is 0. The van der Waals surface area contributed by atoms with Crippen LogP contribution in [0.2, 0.25) is 0 Å². The van der Waals surface area contributed by atoms with Gasteiger partial charge in [-0.05, 0) is 25.7 Å². The normalized spacial score (nSPS) is 29.8. The SMILES string of the molecule is CCCCOCCOC1CCC(N)(CO)C1. The van der Waals surface area contributed by atoms with Crippen LogP contribution < -0.4 is 5.73 Å². The van der Waals surface area contributed by atoms with Gasteiger partial charge in [0.1, 0.15) is 0 Å². The highest BCUT2D eigenvalue weighted by Gasteiger charge is 2.35. The molecule has 0 aromatic heterocycles. The van der Waals surface area contributed by atoms with Crippen molar-refractivity contribution >= 4 is 0 Å². The Morgan fingerprint density at radius 3 is 2.81 bits per heavy atom. The second-order valence-corrected chi connectivity index (χ2v) is 4.72. The molecule has 16 heavy (non-hydrogen) atoms. The third-order valence-corrected chi connectivity index (χ3v) is 3.14. The van der Waals surface area contributed by atoms with E-state index in [1.165, 1.54) is 0 Å². The molecule has 1 saturated carbocycles. The molecule has 0 amide bonds. The minimum Gasteiger partial charge on any atom is -0.394 e. The van der Waals surface area contributed by atoms with Crippen LogP contribution in [-0.2, 0) is 9.47 Å². The fraction of sp³-hybridized carbons (Fsp3) is 1.00. The fourth-order valence-corrected chi connectivity index (χ4v) is 2.01. The van der Waals surface area contributed by atoms with E-state index in [0.717, 1.165) is 38.7 Å². The van der Waals surface area contributed by atoms with Crippen LogP contribution in [0.3, 0.4) is 0 Å². The van der Waals surface area contributed by atoms with Crippen molar-refractivity contribution in [3.63, 3.8) is 0 Å². The second-order valence-electron chi connectivity index (χ2n) is 4.72. The average molecular weight is 231 g/mol. The Hall–Kier alpha value is -0.160. The molecule has 2 atom stereocenters. The third-order valence-electron chi connectivity index (χ3n) is 3.14. The highest BCUT2D eigenvalue weighted by molar-refractivity contribution is 4.93. The topological polar surface area (TPSA) is 64.7 Å².